The molecule has 0 saturated carbocycles. The Labute approximate surface area is 83.3 Å². The van der Waals surface area contributed by atoms with Crippen molar-refractivity contribution in [2.45, 2.75) is 11.9 Å². The molecule has 60 valence electrons. The molecule has 1 rings (SSSR count). The predicted molar refractivity (Wildman–Crippen MR) is 52.9 cm³/mol. The summed E-state index contributed by atoms with van der Waals surface area (Å²) in [4.78, 5) is 0. The second-order valence-electron chi connectivity index (χ2n) is 2.26. The van der Waals surface area contributed by atoms with Gasteiger partial charge < -0.3 is 0 Å². The lowest BCUT2D eigenvalue weighted by Crippen LogP contribution is -1.91. The minimum absolute atomic E-state index is 0.0660. The first-order valence-corrected chi connectivity index (χ1v) is 4.79. The fraction of sp³-hybridized carbons (Fsp3) is 0.250. The van der Waals surface area contributed by atoms with Crippen LogP contribution in [-0.2, 0) is 3.83 Å². The normalized spacial score (nSPS) is 13.0. The molecular weight excluding hydrogens is 272 g/mol. The SMILES string of the molecule is Cc1ccccc1[C@@H](Br)OBr. The van der Waals surface area contributed by atoms with Gasteiger partial charge >= 0.3 is 0 Å². The fourth-order valence-electron chi connectivity index (χ4n) is 0.889. The van der Waals surface area contributed by atoms with Crippen LogP contribution in [0.5, 0.6) is 0 Å². The molecule has 3 heteroatoms. The summed E-state index contributed by atoms with van der Waals surface area (Å²) in [6.07, 6.45) is 0. The highest BCUT2D eigenvalue weighted by atomic mass is 79.9. The van der Waals surface area contributed by atoms with Crippen molar-refractivity contribution < 1.29 is 3.83 Å². The van der Waals surface area contributed by atoms with E-state index >= 15 is 0 Å². The van der Waals surface area contributed by atoms with E-state index in [0.29, 0.717) is 0 Å². The summed E-state index contributed by atoms with van der Waals surface area (Å²) in [5.41, 5.74) is 2.36. The Morgan fingerprint density at radius 1 is 1.36 bits per heavy atom. The first kappa shape index (κ1) is 9.23. The van der Waals surface area contributed by atoms with Gasteiger partial charge in [-0.2, -0.15) is 0 Å². The van der Waals surface area contributed by atoms with Crippen molar-refractivity contribution in [3.63, 3.8) is 0 Å². The van der Waals surface area contributed by atoms with Crippen molar-refractivity contribution in [1.82, 2.24) is 0 Å². The summed E-state index contributed by atoms with van der Waals surface area (Å²) >= 11 is 6.31. The molecule has 1 aromatic carbocycles. The van der Waals surface area contributed by atoms with Crippen LogP contribution in [0.15, 0.2) is 24.3 Å². The molecule has 0 fully saturated rings. The molecule has 0 saturated heterocycles. The third-order valence-corrected chi connectivity index (χ3v) is 3.07. The molecule has 0 aliphatic rings. The van der Waals surface area contributed by atoms with Crippen molar-refractivity contribution in [3.8, 4) is 0 Å². The molecule has 11 heavy (non-hydrogen) atoms. The number of benzene rings is 1. The highest BCUT2D eigenvalue weighted by Gasteiger charge is 2.07. The summed E-state index contributed by atoms with van der Waals surface area (Å²) in [5.74, 6) is 0. The quantitative estimate of drug-likeness (QED) is 0.750. The summed E-state index contributed by atoms with van der Waals surface area (Å²) < 4.78 is 4.95. The first-order valence-electron chi connectivity index (χ1n) is 3.22. The van der Waals surface area contributed by atoms with E-state index in [2.05, 4.69) is 45.2 Å². The molecule has 0 unspecified atom stereocenters. The molecule has 0 aromatic heterocycles. The monoisotopic (exact) mass is 278 g/mol. The highest BCUT2D eigenvalue weighted by molar-refractivity contribution is 9.10. The lowest BCUT2D eigenvalue weighted by Gasteiger charge is -2.08. The Morgan fingerprint density at radius 3 is 2.55 bits per heavy atom. The largest absolute Gasteiger partial charge is 0.288 e. The van der Waals surface area contributed by atoms with Crippen LogP contribution in [0.25, 0.3) is 0 Å². The molecular formula is C8H8Br2O. The van der Waals surface area contributed by atoms with Gasteiger partial charge in [-0.1, -0.05) is 40.2 Å². The van der Waals surface area contributed by atoms with Gasteiger partial charge in [0.25, 0.3) is 0 Å². The van der Waals surface area contributed by atoms with Gasteiger partial charge in [-0.05, 0) is 18.1 Å². The molecule has 1 nitrogen and oxygen atoms in total. The minimum atomic E-state index is -0.0660. The number of rotatable bonds is 2. The van der Waals surface area contributed by atoms with Crippen LogP contribution in [0.3, 0.4) is 0 Å². The Hall–Kier alpha value is 0.140. The Kier molecular flexibility index (Phi) is 3.55. The van der Waals surface area contributed by atoms with Crippen LogP contribution in [0, 0.1) is 6.92 Å². The van der Waals surface area contributed by atoms with Gasteiger partial charge in [0.1, 0.15) is 16.3 Å². The van der Waals surface area contributed by atoms with Crippen LogP contribution < -0.4 is 0 Å². The van der Waals surface area contributed by atoms with E-state index in [9.17, 15) is 0 Å². The van der Waals surface area contributed by atoms with E-state index in [1.165, 1.54) is 5.56 Å². The number of alkyl halides is 1. The van der Waals surface area contributed by atoms with E-state index < -0.39 is 0 Å². The van der Waals surface area contributed by atoms with Crippen LogP contribution in [0.2, 0.25) is 0 Å². The maximum Gasteiger partial charge on any atom is 0.152 e. The second-order valence-corrected chi connectivity index (χ2v) is 3.47. The molecule has 0 N–H and O–H groups in total. The van der Waals surface area contributed by atoms with E-state index in [-0.39, 0.29) is 5.01 Å². The summed E-state index contributed by atoms with van der Waals surface area (Å²) in [7, 11) is 0. The summed E-state index contributed by atoms with van der Waals surface area (Å²) in [6, 6.07) is 8.07. The molecule has 0 aliphatic carbocycles. The maximum absolute atomic E-state index is 4.95. The molecule has 0 radical (unpaired) electrons. The molecule has 0 bridgehead atoms. The van der Waals surface area contributed by atoms with Gasteiger partial charge in [0.2, 0.25) is 0 Å². The van der Waals surface area contributed by atoms with Crippen molar-refractivity contribution in [2.75, 3.05) is 0 Å². The van der Waals surface area contributed by atoms with Gasteiger partial charge in [0.15, 0.2) is 5.01 Å². The lowest BCUT2D eigenvalue weighted by molar-refractivity contribution is 0.381. The van der Waals surface area contributed by atoms with Crippen molar-refractivity contribution in [1.29, 1.82) is 0 Å². The number of halogens is 2. The Balaban J connectivity index is 2.93. The van der Waals surface area contributed by atoms with Gasteiger partial charge in [0.05, 0.1) is 0 Å². The number of aryl methyl sites for hydroxylation is 1. The standard InChI is InChI=1S/C8H8Br2O/c1-6-4-2-3-5-7(6)8(9)11-10/h2-5,8H,1H3/t8-/m0/s1. The van der Waals surface area contributed by atoms with Crippen LogP contribution in [0.4, 0.5) is 0 Å². The average Bonchev–Trinajstić information content (AvgIpc) is 2.04. The topological polar surface area (TPSA) is 9.23 Å². The lowest BCUT2D eigenvalue weighted by atomic mass is 10.1. The Bertz CT molecular complexity index is 237. The highest BCUT2D eigenvalue weighted by Crippen LogP contribution is 2.28. The van der Waals surface area contributed by atoms with E-state index in [1.54, 1.807) is 0 Å². The zero-order valence-corrected chi connectivity index (χ0v) is 9.22. The van der Waals surface area contributed by atoms with E-state index in [0.717, 1.165) is 5.56 Å². The fourth-order valence-corrected chi connectivity index (χ4v) is 1.60. The molecule has 0 spiro atoms. The first-order chi connectivity index (χ1) is 5.25. The van der Waals surface area contributed by atoms with Crippen LogP contribution in [0.1, 0.15) is 16.1 Å². The Morgan fingerprint density at radius 2 is 2.00 bits per heavy atom. The third-order valence-electron chi connectivity index (χ3n) is 1.51. The zero-order chi connectivity index (χ0) is 8.27. The van der Waals surface area contributed by atoms with Gasteiger partial charge in [-0.25, -0.2) is 0 Å². The van der Waals surface area contributed by atoms with Crippen molar-refractivity contribution >= 4 is 32.2 Å². The van der Waals surface area contributed by atoms with Crippen molar-refractivity contribution in [3.05, 3.63) is 35.4 Å². The van der Waals surface area contributed by atoms with Gasteiger partial charge in [-0.3, -0.25) is 3.83 Å². The van der Waals surface area contributed by atoms with Gasteiger partial charge in [-0.15, -0.1) is 0 Å². The predicted octanol–water partition coefficient (Wildman–Crippen LogP) is 3.72. The summed E-state index contributed by atoms with van der Waals surface area (Å²) in [5, 5.41) is -0.0660. The maximum atomic E-state index is 4.95. The second kappa shape index (κ2) is 4.24. The van der Waals surface area contributed by atoms with Crippen LogP contribution in [-0.4, -0.2) is 0 Å². The summed E-state index contributed by atoms with van der Waals surface area (Å²) in [6.45, 7) is 2.05. The molecule has 1 atom stereocenters. The minimum Gasteiger partial charge on any atom is -0.288 e. The average molecular weight is 280 g/mol. The number of hydrogen-bond acceptors (Lipinski definition) is 1. The number of hydrogen-bond donors (Lipinski definition) is 0. The smallest absolute Gasteiger partial charge is 0.152 e. The molecule has 0 amide bonds. The zero-order valence-electron chi connectivity index (χ0n) is 6.05. The third kappa shape index (κ3) is 2.29. The van der Waals surface area contributed by atoms with E-state index in [4.69, 9.17) is 3.83 Å². The molecule has 0 heterocycles. The van der Waals surface area contributed by atoms with E-state index in [1.807, 2.05) is 18.2 Å². The van der Waals surface area contributed by atoms with Crippen molar-refractivity contribution in [2.24, 2.45) is 0 Å². The van der Waals surface area contributed by atoms with Gasteiger partial charge in [0, 0.05) is 0 Å². The van der Waals surface area contributed by atoms with Crippen LogP contribution >= 0.6 is 32.2 Å². The molecule has 1 aromatic rings. The molecule has 0 aliphatic heterocycles.